The summed E-state index contributed by atoms with van der Waals surface area (Å²) >= 11 is 0. The molecule has 0 amide bonds. The number of rotatable bonds is 8. The van der Waals surface area contributed by atoms with Gasteiger partial charge in [-0.1, -0.05) is 26.2 Å². The second kappa shape index (κ2) is 7.74. The Balaban J connectivity index is 2.30. The Kier molecular flexibility index (Phi) is 6.65. The molecule has 0 heterocycles. The summed E-state index contributed by atoms with van der Waals surface area (Å²) in [5.41, 5.74) is -0.856. The molecular formula is C14H27NO3. The zero-order valence-corrected chi connectivity index (χ0v) is 11.7. The summed E-state index contributed by atoms with van der Waals surface area (Å²) in [6, 6.07) is 0. The van der Waals surface area contributed by atoms with Crippen LogP contribution in [0.25, 0.3) is 0 Å². The Hall–Kier alpha value is -0.610. The van der Waals surface area contributed by atoms with Crippen molar-refractivity contribution in [2.75, 3.05) is 13.2 Å². The topological polar surface area (TPSA) is 58.6 Å². The molecule has 1 aliphatic rings. The first kappa shape index (κ1) is 15.4. The van der Waals surface area contributed by atoms with Gasteiger partial charge in [-0.25, -0.2) is 0 Å². The van der Waals surface area contributed by atoms with E-state index >= 15 is 0 Å². The average Bonchev–Trinajstić information content (AvgIpc) is 2.37. The summed E-state index contributed by atoms with van der Waals surface area (Å²) in [6.45, 7) is 5.04. The maximum absolute atomic E-state index is 11.3. The number of carboxylic acids is 1. The van der Waals surface area contributed by atoms with Crippen LogP contribution in [0.2, 0.25) is 0 Å². The number of aliphatic carboxylic acids is 1. The van der Waals surface area contributed by atoms with Crippen LogP contribution < -0.4 is 5.32 Å². The first-order valence-corrected chi connectivity index (χ1v) is 7.18. The Labute approximate surface area is 110 Å². The summed E-state index contributed by atoms with van der Waals surface area (Å²) in [4.78, 5) is 11.3. The molecule has 0 aromatic heterocycles. The van der Waals surface area contributed by atoms with Crippen LogP contribution in [-0.2, 0) is 9.53 Å². The molecular weight excluding hydrogens is 230 g/mol. The highest BCUT2D eigenvalue weighted by atomic mass is 16.5. The third kappa shape index (κ3) is 4.94. The van der Waals surface area contributed by atoms with Crippen LogP contribution in [0.5, 0.6) is 0 Å². The molecule has 1 rings (SSSR count). The normalized spacial score (nSPS) is 20.6. The Morgan fingerprint density at radius 1 is 1.39 bits per heavy atom. The van der Waals surface area contributed by atoms with E-state index in [4.69, 9.17) is 4.74 Å². The predicted molar refractivity (Wildman–Crippen MR) is 71.8 cm³/mol. The summed E-state index contributed by atoms with van der Waals surface area (Å²) in [7, 11) is 0. The highest BCUT2D eigenvalue weighted by Gasteiger charge is 2.32. The molecule has 4 nitrogen and oxygen atoms in total. The number of ether oxygens (including phenoxy) is 1. The minimum atomic E-state index is -0.856. The number of hydrogen-bond donors (Lipinski definition) is 2. The molecule has 106 valence electrons. The summed E-state index contributed by atoms with van der Waals surface area (Å²) in [5.74, 6) is -0.789. The monoisotopic (exact) mass is 257 g/mol. The van der Waals surface area contributed by atoms with Crippen molar-refractivity contribution in [3.8, 4) is 0 Å². The van der Waals surface area contributed by atoms with Crippen molar-refractivity contribution in [3.05, 3.63) is 0 Å². The fourth-order valence-corrected chi connectivity index (χ4v) is 2.33. The van der Waals surface area contributed by atoms with Gasteiger partial charge in [0.05, 0.1) is 6.10 Å². The van der Waals surface area contributed by atoms with Gasteiger partial charge in [0.2, 0.25) is 0 Å². The first-order chi connectivity index (χ1) is 8.58. The van der Waals surface area contributed by atoms with Gasteiger partial charge in [0.1, 0.15) is 5.54 Å². The van der Waals surface area contributed by atoms with E-state index in [9.17, 15) is 9.90 Å². The second-order valence-corrected chi connectivity index (χ2v) is 5.44. The van der Waals surface area contributed by atoms with Crippen LogP contribution in [-0.4, -0.2) is 35.9 Å². The third-order valence-corrected chi connectivity index (χ3v) is 3.75. The lowest BCUT2D eigenvalue weighted by Gasteiger charge is -2.28. The van der Waals surface area contributed by atoms with Gasteiger partial charge >= 0.3 is 5.97 Å². The van der Waals surface area contributed by atoms with E-state index in [1.54, 1.807) is 6.92 Å². The molecule has 1 aliphatic carbocycles. The second-order valence-electron chi connectivity index (χ2n) is 5.44. The minimum Gasteiger partial charge on any atom is -0.480 e. The van der Waals surface area contributed by atoms with Crippen LogP contribution in [0.4, 0.5) is 0 Å². The summed E-state index contributed by atoms with van der Waals surface area (Å²) in [6.07, 6.45) is 7.88. The van der Waals surface area contributed by atoms with Crippen molar-refractivity contribution in [2.24, 2.45) is 0 Å². The fourth-order valence-electron chi connectivity index (χ4n) is 2.33. The lowest BCUT2D eigenvalue weighted by molar-refractivity contribution is -0.145. The van der Waals surface area contributed by atoms with E-state index in [0.29, 0.717) is 19.1 Å². The van der Waals surface area contributed by atoms with Crippen LogP contribution >= 0.6 is 0 Å². The van der Waals surface area contributed by atoms with Crippen molar-refractivity contribution in [3.63, 3.8) is 0 Å². The van der Waals surface area contributed by atoms with Gasteiger partial charge in [-0.3, -0.25) is 4.79 Å². The molecule has 1 atom stereocenters. The minimum absolute atomic E-state index is 0.350. The van der Waals surface area contributed by atoms with Crippen molar-refractivity contribution >= 4 is 5.97 Å². The predicted octanol–water partition coefficient (Wildman–Crippen LogP) is 2.57. The molecule has 4 heteroatoms. The molecule has 0 bridgehead atoms. The van der Waals surface area contributed by atoms with Gasteiger partial charge in [-0.2, -0.15) is 0 Å². The smallest absolute Gasteiger partial charge is 0.323 e. The van der Waals surface area contributed by atoms with Crippen LogP contribution in [0.15, 0.2) is 0 Å². The highest BCUT2D eigenvalue weighted by molar-refractivity contribution is 5.78. The van der Waals surface area contributed by atoms with Gasteiger partial charge in [-0.15, -0.1) is 0 Å². The Morgan fingerprint density at radius 2 is 2.06 bits per heavy atom. The van der Waals surface area contributed by atoms with E-state index in [-0.39, 0.29) is 0 Å². The van der Waals surface area contributed by atoms with Crippen molar-refractivity contribution < 1.29 is 14.6 Å². The highest BCUT2D eigenvalue weighted by Crippen LogP contribution is 2.21. The van der Waals surface area contributed by atoms with E-state index < -0.39 is 11.5 Å². The van der Waals surface area contributed by atoms with Crippen LogP contribution in [0, 0.1) is 0 Å². The van der Waals surface area contributed by atoms with Crippen molar-refractivity contribution in [1.82, 2.24) is 5.32 Å². The molecule has 18 heavy (non-hydrogen) atoms. The largest absolute Gasteiger partial charge is 0.480 e. The fraction of sp³-hybridized carbons (Fsp3) is 0.929. The molecule has 0 aliphatic heterocycles. The zero-order valence-electron chi connectivity index (χ0n) is 11.7. The molecule has 0 aromatic carbocycles. The van der Waals surface area contributed by atoms with E-state index in [0.717, 1.165) is 25.8 Å². The van der Waals surface area contributed by atoms with E-state index in [2.05, 4.69) is 5.32 Å². The van der Waals surface area contributed by atoms with Gasteiger partial charge in [0, 0.05) is 6.61 Å². The standard InChI is InChI=1S/C14H27NO3/c1-3-10-15-14(2,13(16)17)9-11-18-12-7-5-4-6-8-12/h12,15H,3-11H2,1-2H3,(H,16,17). The lowest BCUT2D eigenvalue weighted by atomic mass is 9.96. The molecule has 0 saturated heterocycles. The number of carbonyl (C=O) groups is 1. The van der Waals surface area contributed by atoms with E-state index in [1.165, 1.54) is 19.3 Å². The molecule has 0 radical (unpaired) electrons. The van der Waals surface area contributed by atoms with Gasteiger partial charge in [0.15, 0.2) is 0 Å². The van der Waals surface area contributed by atoms with Gasteiger partial charge in [-0.05, 0) is 39.2 Å². The van der Waals surface area contributed by atoms with Crippen LogP contribution in [0.3, 0.4) is 0 Å². The Bertz CT molecular complexity index is 251. The lowest BCUT2D eigenvalue weighted by Crippen LogP contribution is -2.50. The quantitative estimate of drug-likeness (QED) is 0.701. The number of carboxylic acid groups (broad SMARTS) is 1. The van der Waals surface area contributed by atoms with Crippen molar-refractivity contribution in [1.29, 1.82) is 0 Å². The molecule has 1 unspecified atom stereocenters. The summed E-state index contributed by atoms with van der Waals surface area (Å²) < 4.78 is 5.81. The van der Waals surface area contributed by atoms with Crippen molar-refractivity contribution in [2.45, 2.75) is 70.4 Å². The number of nitrogens with one attached hydrogen (secondary N) is 1. The van der Waals surface area contributed by atoms with Gasteiger partial charge in [0.25, 0.3) is 0 Å². The number of hydrogen-bond acceptors (Lipinski definition) is 3. The van der Waals surface area contributed by atoms with Gasteiger partial charge < -0.3 is 15.2 Å². The SMILES string of the molecule is CCCNC(C)(CCOC1CCCCC1)C(=O)O. The summed E-state index contributed by atoms with van der Waals surface area (Å²) in [5, 5.41) is 12.4. The molecule has 0 spiro atoms. The third-order valence-electron chi connectivity index (χ3n) is 3.75. The first-order valence-electron chi connectivity index (χ1n) is 7.18. The average molecular weight is 257 g/mol. The maximum Gasteiger partial charge on any atom is 0.323 e. The molecule has 2 N–H and O–H groups in total. The molecule has 1 saturated carbocycles. The van der Waals surface area contributed by atoms with Crippen LogP contribution in [0.1, 0.15) is 58.8 Å². The molecule has 0 aromatic rings. The van der Waals surface area contributed by atoms with E-state index in [1.807, 2.05) is 6.92 Å². The zero-order chi connectivity index (χ0) is 13.4. The molecule has 1 fully saturated rings. The maximum atomic E-state index is 11.3. The Morgan fingerprint density at radius 3 is 2.61 bits per heavy atom.